The topological polar surface area (TPSA) is 67.2 Å². The molecule has 1 aromatic rings. The zero-order chi connectivity index (χ0) is 11.6. The molecule has 1 amide bonds. The molecule has 5 nitrogen and oxygen atoms in total. The first-order valence-electron chi connectivity index (χ1n) is 5.53. The van der Waals surface area contributed by atoms with Gasteiger partial charge in [0.05, 0.1) is 11.8 Å². The number of nitrogens with zero attached hydrogens (tertiary/aromatic N) is 2. The van der Waals surface area contributed by atoms with Crippen molar-refractivity contribution < 1.29 is 9.90 Å². The van der Waals surface area contributed by atoms with E-state index in [0.717, 1.165) is 19.3 Å². The molecule has 0 aromatic carbocycles. The third kappa shape index (κ3) is 2.41. The standard InChI is InChI=1S/C11H17N3O2/c1-14-7-9(6-13-14)10(16)12-8-11(2-3-11)4-5-15/h6-7,15H,2-5,8H2,1H3,(H,12,16). The Morgan fingerprint density at radius 1 is 1.69 bits per heavy atom. The Morgan fingerprint density at radius 3 is 2.94 bits per heavy atom. The third-order valence-corrected chi connectivity index (χ3v) is 3.19. The summed E-state index contributed by atoms with van der Waals surface area (Å²) in [6, 6.07) is 0. The second-order valence-corrected chi connectivity index (χ2v) is 4.56. The molecule has 0 spiro atoms. The van der Waals surface area contributed by atoms with Crippen LogP contribution >= 0.6 is 0 Å². The van der Waals surface area contributed by atoms with Gasteiger partial charge in [0.1, 0.15) is 0 Å². The van der Waals surface area contributed by atoms with Gasteiger partial charge in [-0.1, -0.05) is 0 Å². The molecule has 0 unspecified atom stereocenters. The molecule has 1 aliphatic carbocycles. The lowest BCUT2D eigenvalue weighted by Crippen LogP contribution is -2.30. The van der Waals surface area contributed by atoms with Crippen LogP contribution in [0.1, 0.15) is 29.6 Å². The first kappa shape index (κ1) is 11.1. The van der Waals surface area contributed by atoms with E-state index in [0.29, 0.717) is 12.1 Å². The maximum absolute atomic E-state index is 11.7. The Morgan fingerprint density at radius 2 is 2.44 bits per heavy atom. The highest BCUT2D eigenvalue weighted by Crippen LogP contribution is 2.47. The van der Waals surface area contributed by atoms with E-state index in [4.69, 9.17) is 5.11 Å². The first-order valence-corrected chi connectivity index (χ1v) is 5.53. The van der Waals surface area contributed by atoms with Gasteiger partial charge < -0.3 is 10.4 Å². The summed E-state index contributed by atoms with van der Waals surface area (Å²) in [5, 5.41) is 15.7. The van der Waals surface area contributed by atoms with Crippen LogP contribution in [0.15, 0.2) is 12.4 Å². The Bertz CT molecular complexity index is 382. The molecule has 0 atom stereocenters. The lowest BCUT2D eigenvalue weighted by Gasteiger charge is -2.13. The van der Waals surface area contributed by atoms with E-state index in [1.807, 2.05) is 0 Å². The van der Waals surface area contributed by atoms with Crippen molar-refractivity contribution in [2.24, 2.45) is 12.5 Å². The molecule has 1 heterocycles. The molecule has 1 saturated carbocycles. The predicted octanol–water partition coefficient (Wildman–Crippen LogP) is 0.312. The number of carbonyl (C=O) groups excluding carboxylic acids is 1. The average molecular weight is 223 g/mol. The van der Waals surface area contributed by atoms with Crippen LogP contribution in [0, 0.1) is 5.41 Å². The lowest BCUT2D eigenvalue weighted by atomic mass is 10.0. The maximum atomic E-state index is 11.7. The number of aromatic nitrogens is 2. The lowest BCUT2D eigenvalue weighted by molar-refractivity contribution is 0.0940. The minimum atomic E-state index is -0.0858. The minimum Gasteiger partial charge on any atom is -0.396 e. The molecule has 0 bridgehead atoms. The SMILES string of the molecule is Cn1cc(C(=O)NCC2(CCO)CC2)cn1. The summed E-state index contributed by atoms with van der Waals surface area (Å²) in [5.41, 5.74) is 0.745. The summed E-state index contributed by atoms with van der Waals surface area (Å²) in [7, 11) is 1.78. The van der Waals surface area contributed by atoms with Crippen LogP contribution in [0.3, 0.4) is 0 Å². The van der Waals surface area contributed by atoms with Crippen LogP contribution in [-0.2, 0) is 7.05 Å². The van der Waals surface area contributed by atoms with E-state index in [-0.39, 0.29) is 17.9 Å². The Hall–Kier alpha value is -1.36. The fraction of sp³-hybridized carbons (Fsp3) is 0.636. The number of aryl methyl sites for hydroxylation is 1. The van der Waals surface area contributed by atoms with Crippen molar-refractivity contribution in [1.29, 1.82) is 0 Å². The van der Waals surface area contributed by atoms with Gasteiger partial charge in [-0.2, -0.15) is 5.10 Å². The fourth-order valence-electron chi connectivity index (χ4n) is 1.84. The van der Waals surface area contributed by atoms with E-state index >= 15 is 0 Å². The Kier molecular flexibility index (Phi) is 2.96. The quantitative estimate of drug-likeness (QED) is 0.755. The Balaban J connectivity index is 1.84. The van der Waals surface area contributed by atoms with Crippen LogP contribution in [0.25, 0.3) is 0 Å². The van der Waals surface area contributed by atoms with Crippen molar-refractivity contribution in [2.45, 2.75) is 19.3 Å². The maximum Gasteiger partial charge on any atom is 0.254 e. The Labute approximate surface area is 94.5 Å². The number of nitrogens with one attached hydrogen (secondary N) is 1. The highest BCUT2D eigenvalue weighted by Gasteiger charge is 2.41. The van der Waals surface area contributed by atoms with E-state index in [1.165, 1.54) is 0 Å². The molecule has 0 aliphatic heterocycles. The number of aliphatic hydroxyl groups is 1. The molecule has 0 saturated heterocycles. The summed E-state index contributed by atoms with van der Waals surface area (Å²) >= 11 is 0. The van der Waals surface area contributed by atoms with E-state index < -0.39 is 0 Å². The van der Waals surface area contributed by atoms with Gasteiger partial charge in [0, 0.05) is 26.4 Å². The molecule has 1 fully saturated rings. The molecule has 5 heteroatoms. The molecule has 1 aromatic heterocycles. The van der Waals surface area contributed by atoms with Crippen molar-refractivity contribution in [2.75, 3.05) is 13.2 Å². The van der Waals surface area contributed by atoms with Crippen molar-refractivity contribution in [1.82, 2.24) is 15.1 Å². The summed E-state index contributed by atoms with van der Waals surface area (Å²) in [6.45, 7) is 0.851. The number of carbonyl (C=O) groups is 1. The van der Waals surface area contributed by atoms with Gasteiger partial charge in [-0.05, 0) is 24.7 Å². The summed E-state index contributed by atoms with van der Waals surface area (Å²) < 4.78 is 1.61. The van der Waals surface area contributed by atoms with Crippen molar-refractivity contribution in [3.05, 3.63) is 18.0 Å². The second kappa shape index (κ2) is 4.25. The van der Waals surface area contributed by atoms with Gasteiger partial charge in [-0.25, -0.2) is 0 Å². The van der Waals surface area contributed by atoms with E-state index in [9.17, 15) is 4.79 Å². The zero-order valence-corrected chi connectivity index (χ0v) is 9.44. The van der Waals surface area contributed by atoms with E-state index in [1.54, 1.807) is 24.1 Å². The van der Waals surface area contributed by atoms with Crippen molar-refractivity contribution >= 4 is 5.91 Å². The number of amides is 1. The average Bonchev–Trinajstić information content (AvgIpc) is 2.89. The summed E-state index contributed by atoms with van der Waals surface area (Å²) in [5.74, 6) is -0.0858. The molecule has 0 radical (unpaired) electrons. The summed E-state index contributed by atoms with van der Waals surface area (Å²) in [6.07, 6.45) is 6.23. The van der Waals surface area contributed by atoms with Crippen LogP contribution in [0.2, 0.25) is 0 Å². The van der Waals surface area contributed by atoms with Gasteiger partial charge in [-0.15, -0.1) is 0 Å². The smallest absolute Gasteiger partial charge is 0.254 e. The predicted molar refractivity (Wildman–Crippen MR) is 58.9 cm³/mol. The normalized spacial score (nSPS) is 17.1. The van der Waals surface area contributed by atoms with Gasteiger partial charge in [-0.3, -0.25) is 9.48 Å². The second-order valence-electron chi connectivity index (χ2n) is 4.56. The van der Waals surface area contributed by atoms with Gasteiger partial charge in [0.25, 0.3) is 5.91 Å². The third-order valence-electron chi connectivity index (χ3n) is 3.19. The number of hydrogen-bond donors (Lipinski definition) is 2. The highest BCUT2D eigenvalue weighted by molar-refractivity contribution is 5.93. The molecule has 1 aliphatic rings. The monoisotopic (exact) mass is 223 g/mol. The van der Waals surface area contributed by atoms with Crippen LogP contribution in [0.4, 0.5) is 0 Å². The first-order chi connectivity index (χ1) is 7.65. The number of hydrogen-bond acceptors (Lipinski definition) is 3. The molecule has 16 heavy (non-hydrogen) atoms. The van der Waals surface area contributed by atoms with Crippen LogP contribution in [0.5, 0.6) is 0 Å². The van der Waals surface area contributed by atoms with Gasteiger partial charge in [0.15, 0.2) is 0 Å². The van der Waals surface area contributed by atoms with Crippen molar-refractivity contribution in [3.63, 3.8) is 0 Å². The van der Waals surface area contributed by atoms with Gasteiger partial charge in [0.2, 0.25) is 0 Å². The summed E-state index contributed by atoms with van der Waals surface area (Å²) in [4.78, 5) is 11.7. The number of rotatable bonds is 5. The van der Waals surface area contributed by atoms with Crippen molar-refractivity contribution in [3.8, 4) is 0 Å². The highest BCUT2D eigenvalue weighted by atomic mass is 16.3. The number of aliphatic hydroxyl groups excluding tert-OH is 1. The largest absolute Gasteiger partial charge is 0.396 e. The van der Waals surface area contributed by atoms with Crippen LogP contribution in [-0.4, -0.2) is 33.9 Å². The van der Waals surface area contributed by atoms with E-state index in [2.05, 4.69) is 10.4 Å². The molecule has 2 rings (SSSR count). The molecule has 88 valence electrons. The molecule has 2 N–H and O–H groups in total. The van der Waals surface area contributed by atoms with Crippen LogP contribution < -0.4 is 5.32 Å². The molecular weight excluding hydrogens is 206 g/mol. The molecular formula is C11H17N3O2. The van der Waals surface area contributed by atoms with Gasteiger partial charge >= 0.3 is 0 Å². The fourth-order valence-corrected chi connectivity index (χ4v) is 1.84. The zero-order valence-electron chi connectivity index (χ0n) is 9.44. The minimum absolute atomic E-state index is 0.0858.